The van der Waals surface area contributed by atoms with Crippen LogP contribution in [0.5, 0.6) is 0 Å². The van der Waals surface area contributed by atoms with Gasteiger partial charge in [-0.05, 0) is 30.9 Å². The van der Waals surface area contributed by atoms with Crippen LogP contribution in [0.4, 0.5) is 0 Å². The summed E-state index contributed by atoms with van der Waals surface area (Å²) in [6.45, 7) is 2.23. The molecule has 0 unspecified atom stereocenters. The minimum atomic E-state index is 0.794. The van der Waals surface area contributed by atoms with Gasteiger partial charge in [0.05, 0.1) is 0 Å². The molecule has 0 heterocycles. The number of nitroso groups, excluding NO2 is 1. The van der Waals surface area contributed by atoms with Crippen LogP contribution in [0.25, 0.3) is 0 Å². The van der Waals surface area contributed by atoms with Crippen molar-refractivity contribution in [3.8, 4) is 0 Å². The predicted molar refractivity (Wildman–Crippen MR) is 76.1 cm³/mol. The van der Waals surface area contributed by atoms with E-state index in [4.69, 9.17) is 0 Å². The highest BCUT2D eigenvalue weighted by atomic mass is 16.3. The van der Waals surface area contributed by atoms with Gasteiger partial charge in [0.1, 0.15) is 5.29 Å². The van der Waals surface area contributed by atoms with Crippen molar-refractivity contribution < 1.29 is 0 Å². The molecule has 18 heavy (non-hydrogen) atoms. The molecule has 4 heteroatoms. The van der Waals surface area contributed by atoms with Crippen molar-refractivity contribution in [1.29, 1.82) is 0 Å². The number of hydrogen-bond donors (Lipinski definition) is 0. The largest absolute Gasteiger partial charge is 0.136 e. The Labute approximate surface area is 110 Å². The third kappa shape index (κ3) is 14.4. The molecule has 0 aromatic carbocycles. The monoisotopic (exact) mass is 249 g/mol. The topological polar surface area (TPSA) is 54.1 Å². The quantitative estimate of drug-likeness (QED) is 0.157. The lowest BCUT2D eigenvalue weighted by molar-refractivity contribution is 0.674. The van der Waals surface area contributed by atoms with Gasteiger partial charge in [-0.1, -0.05) is 56.6 Å². The average molecular weight is 249 g/mol. The maximum absolute atomic E-state index is 9.56. The van der Waals surface area contributed by atoms with E-state index in [2.05, 4.69) is 46.9 Å². The van der Waals surface area contributed by atoms with E-state index >= 15 is 0 Å². The molecule has 0 radical (unpaired) electrons. The zero-order valence-electron chi connectivity index (χ0n) is 11.2. The van der Waals surface area contributed by atoms with Gasteiger partial charge in [0.2, 0.25) is 0 Å². The van der Waals surface area contributed by atoms with Crippen LogP contribution >= 0.6 is 0 Å². The first-order chi connectivity index (χ1) is 8.91. The van der Waals surface area contributed by atoms with E-state index in [0.29, 0.717) is 0 Å². The van der Waals surface area contributed by atoms with E-state index < -0.39 is 0 Å². The summed E-state index contributed by atoms with van der Waals surface area (Å²) in [6, 6.07) is 0. The Kier molecular flexibility index (Phi) is 14.1. The van der Waals surface area contributed by atoms with E-state index in [9.17, 15) is 4.91 Å². The van der Waals surface area contributed by atoms with Crippen molar-refractivity contribution >= 4 is 0 Å². The summed E-state index contributed by atoms with van der Waals surface area (Å²) < 4.78 is 0. The van der Waals surface area contributed by atoms with Gasteiger partial charge >= 0.3 is 0 Å². The molecular weight excluding hydrogens is 226 g/mol. The highest BCUT2D eigenvalue weighted by Gasteiger charge is 1.83. The molecule has 0 aliphatic carbocycles. The second-order valence-corrected chi connectivity index (χ2v) is 3.93. The van der Waals surface area contributed by atoms with E-state index in [0.717, 1.165) is 12.8 Å². The van der Waals surface area contributed by atoms with Gasteiger partial charge in [-0.15, -0.1) is 10.0 Å². The first-order valence-corrected chi connectivity index (χ1v) is 6.59. The molecule has 0 saturated carbocycles. The lowest BCUT2D eigenvalue weighted by Gasteiger charge is -1.93. The van der Waals surface area contributed by atoms with Gasteiger partial charge in [0, 0.05) is 6.20 Å². The molecule has 0 fully saturated rings. The normalized spacial score (nSPS) is 12.5. The Morgan fingerprint density at radius 1 is 0.889 bits per heavy atom. The van der Waals surface area contributed by atoms with Gasteiger partial charge in [-0.3, -0.25) is 0 Å². The van der Waals surface area contributed by atoms with Gasteiger partial charge in [0.15, 0.2) is 0 Å². The smallest absolute Gasteiger partial charge is 0.100 e. The fourth-order valence-electron chi connectivity index (χ4n) is 1.41. The third-order valence-electron chi connectivity index (χ3n) is 2.36. The van der Waals surface area contributed by atoms with Gasteiger partial charge < -0.3 is 0 Å². The van der Waals surface area contributed by atoms with Crippen LogP contribution in [0, 0.1) is 4.91 Å². The SMILES string of the molecule is CCCCCCC=CCC=CC/C=C/N=NN=O. The Morgan fingerprint density at radius 2 is 1.61 bits per heavy atom. The Bertz CT molecular complexity index is 293. The fraction of sp³-hybridized carbons (Fsp3) is 0.571. The van der Waals surface area contributed by atoms with Gasteiger partial charge in [-0.2, -0.15) is 0 Å². The molecule has 0 aliphatic heterocycles. The summed E-state index contributed by atoms with van der Waals surface area (Å²) in [5.41, 5.74) is 0. The number of rotatable bonds is 11. The van der Waals surface area contributed by atoms with Gasteiger partial charge in [0.25, 0.3) is 0 Å². The Hall–Kier alpha value is -1.58. The second kappa shape index (κ2) is 15.4. The molecule has 0 spiro atoms. The highest BCUT2D eigenvalue weighted by Crippen LogP contribution is 2.03. The average Bonchev–Trinajstić information content (AvgIpc) is 2.39. The number of nitrogens with zero attached hydrogens (tertiary/aromatic N) is 3. The van der Waals surface area contributed by atoms with E-state index in [1.165, 1.54) is 38.3 Å². The molecule has 0 atom stereocenters. The van der Waals surface area contributed by atoms with E-state index in [-0.39, 0.29) is 0 Å². The van der Waals surface area contributed by atoms with Crippen molar-refractivity contribution in [2.75, 3.05) is 0 Å². The predicted octanol–water partition coefficient (Wildman–Crippen LogP) is 5.50. The van der Waals surface area contributed by atoms with Crippen LogP contribution in [0.2, 0.25) is 0 Å². The first-order valence-electron chi connectivity index (χ1n) is 6.59. The van der Waals surface area contributed by atoms with Crippen molar-refractivity contribution in [2.45, 2.75) is 51.9 Å². The zero-order chi connectivity index (χ0) is 13.3. The Morgan fingerprint density at radius 3 is 2.33 bits per heavy atom. The third-order valence-corrected chi connectivity index (χ3v) is 2.36. The standard InChI is InChI=1S/C14H23N3O/c1-2-3-4-5-6-7-8-9-10-11-12-13-14-15-16-17-18/h7-8,10-11,13-14H,2-6,9,12H2,1H3/b8-7?,11-10?,14-13+,16-15?. The maximum Gasteiger partial charge on any atom is 0.100 e. The molecule has 0 rings (SSSR count). The van der Waals surface area contributed by atoms with Gasteiger partial charge in [-0.25, -0.2) is 0 Å². The summed E-state index contributed by atoms with van der Waals surface area (Å²) in [5.74, 6) is 0. The maximum atomic E-state index is 9.56. The zero-order valence-corrected chi connectivity index (χ0v) is 11.2. The molecule has 0 aromatic heterocycles. The molecule has 0 amide bonds. The number of unbranched alkanes of at least 4 members (excludes halogenated alkanes) is 4. The molecule has 100 valence electrons. The molecule has 0 N–H and O–H groups in total. The summed E-state index contributed by atoms with van der Waals surface area (Å²) in [6.07, 6.45) is 20.1. The molecule has 0 bridgehead atoms. The molecule has 0 aromatic rings. The van der Waals surface area contributed by atoms with Crippen molar-refractivity contribution in [3.05, 3.63) is 41.5 Å². The number of allylic oxidation sites excluding steroid dienone is 5. The van der Waals surface area contributed by atoms with Crippen LogP contribution in [-0.4, -0.2) is 0 Å². The first kappa shape index (κ1) is 16.4. The van der Waals surface area contributed by atoms with E-state index in [1.54, 1.807) is 0 Å². The molecule has 4 nitrogen and oxygen atoms in total. The summed E-state index contributed by atoms with van der Waals surface area (Å²) in [7, 11) is 0. The summed E-state index contributed by atoms with van der Waals surface area (Å²) in [4.78, 5) is 9.56. The minimum Gasteiger partial charge on any atom is -0.136 e. The molecular formula is C14H23N3O. The minimum absolute atomic E-state index is 0.794. The molecule has 0 saturated heterocycles. The Balaban J connectivity index is 3.36. The molecule has 0 aliphatic rings. The summed E-state index contributed by atoms with van der Waals surface area (Å²) in [5, 5.41) is 8.58. The van der Waals surface area contributed by atoms with Crippen molar-refractivity contribution in [1.82, 2.24) is 0 Å². The lowest BCUT2D eigenvalue weighted by atomic mass is 10.1. The highest BCUT2D eigenvalue weighted by molar-refractivity contribution is 4.96. The van der Waals surface area contributed by atoms with Crippen LogP contribution < -0.4 is 0 Å². The number of hydrogen-bond acceptors (Lipinski definition) is 2. The van der Waals surface area contributed by atoms with Crippen LogP contribution in [-0.2, 0) is 0 Å². The summed E-state index contributed by atoms with van der Waals surface area (Å²) >= 11 is 0. The second-order valence-electron chi connectivity index (χ2n) is 3.93. The van der Waals surface area contributed by atoms with Crippen LogP contribution in [0.15, 0.2) is 52.2 Å². The van der Waals surface area contributed by atoms with Crippen molar-refractivity contribution in [3.63, 3.8) is 0 Å². The van der Waals surface area contributed by atoms with Crippen LogP contribution in [0.3, 0.4) is 0 Å². The van der Waals surface area contributed by atoms with Crippen LogP contribution in [0.1, 0.15) is 51.9 Å². The van der Waals surface area contributed by atoms with Crippen molar-refractivity contribution in [2.24, 2.45) is 15.6 Å². The van der Waals surface area contributed by atoms with E-state index in [1.807, 2.05) is 6.08 Å². The lowest BCUT2D eigenvalue weighted by Crippen LogP contribution is -1.73. The fourth-order valence-corrected chi connectivity index (χ4v) is 1.41.